The van der Waals surface area contributed by atoms with Crippen LogP contribution in [0.3, 0.4) is 0 Å². The van der Waals surface area contributed by atoms with Gasteiger partial charge in [-0.3, -0.25) is 0 Å². The normalized spacial score (nSPS) is 12.5. The number of benzene rings is 8. The van der Waals surface area contributed by atoms with Crippen LogP contribution in [0.4, 0.5) is 52.7 Å². The number of hydrogen-bond acceptors (Lipinski definition) is 12. The number of halogens is 12. The summed E-state index contributed by atoms with van der Waals surface area (Å²) in [5.41, 5.74) is -1.36. The molecule has 4 aromatic heterocycles. The minimum absolute atomic E-state index is 0.0202. The van der Waals surface area contributed by atoms with E-state index in [-0.39, 0.29) is 69.4 Å². The number of aromatic nitrogens is 8. The molecule has 0 unspecified atom stereocenters. The van der Waals surface area contributed by atoms with E-state index in [0.717, 1.165) is 48.5 Å². The third kappa shape index (κ3) is 10.9. The quantitative estimate of drug-likeness (QED) is 0.0844. The van der Waals surface area contributed by atoms with Crippen LogP contribution in [0.1, 0.15) is 44.5 Å². The summed E-state index contributed by atoms with van der Waals surface area (Å²) in [6.45, 7) is 0. The molecule has 24 heteroatoms. The molecule has 0 fully saturated rings. The van der Waals surface area contributed by atoms with E-state index in [1.54, 1.807) is 97.1 Å². The molecule has 0 spiro atoms. The second kappa shape index (κ2) is 21.0. The Morgan fingerprint density at radius 1 is 0.200 bits per heavy atom. The first-order chi connectivity index (χ1) is 40.6. The smallest absolute Gasteiger partial charge is 0.416 e. The maximum absolute atomic E-state index is 13.7. The van der Waals surface area contributed by atoms with E-state index in [0.29, 0.717) is 44.5 Å². The second-order valence-electron chi connectivity index (χ2n) is 19.0. The predicted molar refractivity (Wildman–Crippen MR) is 280 cm³/mol. The van der Waals surface area contributed by atoms with E-state index in [1.165, 1.54) is 48.5 Å². The molecule has 0 atom stereocenters. The monoisotopic (exact) mass is 1170 g/mol. The van der Waals surface area contributed by atoms with Gasteiger partial charge in [0.15, 0.2) is 0 Å². The van der Waals surface area contributed by atoms with Crippen LogP contribution in [-0.2, 0) is 30.1 Å². The molecule has 12 nitrogen and oxygen atoms in total. The van der Waals surface area contributed by atoms with Crippen molar-refractivity contribution in [1.82, 2.24) is 40.8 Å². The predicted octanol–water partition coefficient (Wildman–Crippen LogP) is 17.0. The van der Waals surface area contributed by atoms with Gasteiger partial charge in [-0.2, -0.15) is 52.7 Å². The van der Waals surface area contributed by atoms with Crippen molar-refractivity contribution in [2.24, 2.45) is 0 Å². The Morgan fingerprint density at radius 3 is 0.553 bits per heavy atom. The average Bonchev–Trinajstić information content (AvgIpc) is 2.91. The average molecular weight is 1170 g/mol. The SMILES string of the molecule is FC(F)(F)c1cccc(-c2nnc(-c3ccc(C(c4ccc(-c5nnc(-c6cccc(C(F)(F)F)c6)o5)cc4)(c4ccc(-c5nnc(-c6cccc(C(F)(F)F)c6)o5)cc4)c4ccc(-c5nnc(-c6cccc(C(F)(F)F)c6)o5)cc4)cc3)o2)c1. The number of alkyl halides is 12. The van der Waals surface area contributed by atoms with Crippen molar-refractivity contribution >= 4 is 0 Å². The molecule has 0 aliphatic heterocycles. The Morgan fingerprint density at radius 2 is 0.376 bits per heavy atom. The summed E-state index contributed by atoms with van der Waals surface area (Å²) >= 11 is 0. The summed E-state index contributed by atoms with van der Waals surface area (Å²) in [6, 6.07) is 44.7. The standard InChI is InChI=1S/C61H32F12N8O4/c62-58(63,64)45-9-1-5-37(29-45)53-78-74-49(82-53)33-13-21-41(22-14-33)57(42-23-15-34(16-24-42)50-75-79-54(83-50)38-6-2-10-46(30-38)59(65,66)67,43-25-17-35(18-26-43)51-76-80-55(84-51)39-7-3-11-47(31-39)60(68,69)70)44-27-19-36(20-28-44)52-77-81-56(85-52)40-8-4-12-48(32-40)61(71,72)73/h1-32H. The van der Waals surface area contributed by atoms with Crippen LogP contribution in [0.5, 0.6) is 0 Å². The molecule has 0 amide bonds. The number of hydrogen-bond donors (Lipinski definition) is 0. The van der Waals surface area contributed by atoms with Crippen molar-refractivity contribution in [3.8, 4) is 91.6 Å². The van der Waals surface area contributed by atoms with Crippen molar-refractivity contribution in [2.45, 2.75) is 30.1 Å². The summed E-state index contributed by atoms with van der Waals surface area (Å²) in [7, 11) is 0. The molecular formula is C61H32F12N8O4. The van der Waals surface area contributed by atoms with Gasteiger partial charge < -0.3 is 17.7 Å². The van der Waals surface area contributed by atoms with Crippen molar-refractivity contribution < 1.29 is 70.4 Å². The first-order valence-corrected chi connectivity index (χ1v) is 25.1. The van der Waals surface area contributed by atoms with Gasteiger partial charge in [-0.25, -0.2) is 0 Å². The van der Waals surface area contributed by atoms with Crippen LogP contribution in [0.15, 0.2) is 212 Å². The van der Waals surface area contributed by atoms with Gasteiger partial charge in [-0.15, -0.1) is 40.8 Å². The molecule has 4 heterocycles. The molecule has 0 saturated carbocycles. The Kier molecular flexibility index (Phi) is 13.6. The maximum atomic E-state index is 13.7. The Bertz CT molecular complexity index is 3810. The molecule has 0 N–H and O–H groups in total. The van der Waals surface area contributed by atoms with Gasteiger partial charge in [-0.1, -0.05) is 72.8 Å². The molecule has 0 aliphatic rings. The van der Waals surface area contributed by atoms with E-state index < -0.39 is 52.4 Å². The van der Waals surface area contributed by atoms with Gasteiger partial charge in [0.2, 0.25) is 47.1 Å². The van der Waals surface area contributed by atoms with Gasteiger partial charge in [-0.05, 0) is 144 Å². The third-order valence-electron chi connectivity index (χ3n) is 13.7. The van der Waals surface area contributed by atoms with E-state index in [4.69, 9.17) is 17.7 Å². The molecular weight excluding hydrogens is 1140 g/mol. The minimum Gasteiger partial charge on any atom is -0.416 e. The fourth-order valence-corrected chi connectivity index (χ4v) is 9.59. The molecule has 0 aliphatic carbocycles. The summed E-state index contributed by atoms with van der Waals surface area (Å²) in [4.78, 5) is 0. The molecule has 8 aromatic carbocycles. The van der Waals surface area contributed by atoms with Crippen molar-refractivity contribution in [2.75, 3.05) is 0 Å². The molecule has 424 valence electrons. The highest BCUT2D eigenvalue weighted by Crippen LogP contribution is 2.48. The summed E-state index contributed by atoms with van der Waals surface area (Å²) < 4.78 is 188. The van der Waals surface area contributed by atoms with Gasteiger partial charge in [0.25, 0.3) is 0 Å². The fraction of sp³-hybridized carbons (Fsp3) is 0.0820. The topological polar surface area (TPSA) is 156 Å². The highest BCUT2D eigenvalue weighted by atomic mass is 19.4. The lowest BCUT2D eigenvalue weighted by Gasteiger charge is -2.37. The summed E-state index contributed by atoms with van der Waals surface area (Å²) in [6.07, 6.45) is -18.6. The highest BCUT2D eigenvalue weighted by molar-refractivity contribution is 5.69. The number of nitrogens with zero attached hydrogens (tertiary/aromatic N) is 8. The largest absolute Gasteiger partial charge is 0.416 e. The number of rotatable bonds is 12. The van der Waals surface area contributed by atoms with Crippen LogP contribution in [0.25, 0.3) is 91.6 Å². The van der Waals surface area contributed by atoms with Crippen molar-refractivity contribution in [3.05, 3.63) is 239 Å². The molecule has 12 aromatic rings. The van der Waals surface area contributed by atoms with Gasteiger partial charge in [0.1, 0.15) is 0 Å². The zero-order chi connectivity index (χ0) is 59.5. The summed E-state index contributed by atoms with van der Waals surface area (Å²) in [5.74, 6) is -0.910. The summed E-state index contributed by atoms with van der Waals surface area (Å²) in [5, 5.41) is 32.6. The van der Waals surface area contributed by atoms with Gasteiger partial charge in [0.05, 0.1) is 27.7 Å². The Balaban J connectivity index is 0.985. The maximum Gasteiger partial charge on any atom is 0.416 e. The second-order valence-corrected chi connectivity index (χ2v) is 19.0. The lowest BCUT2D eigenvalue weighted by atomic mass is 9.65. The van der Waals surface area contributed by atoms with Gasteiger partial charge in [0, 0.05) is 44.5 Å². The van der Waals surface area contributed by atoms with Crippen LogP contribution >= 0.6 is 0 Å². The first kappa shape index (κ1) is 55.0. The van der Waals surface area contributed by atoms with Crippen molar-refractivity contribution in [3.63, 3.8) is 0 Å². The zero-order valence-corrected chi connectivity index (χ0v) is 42.7. The Labute approximate surface area is 470 Å². The van der Waals surface area contributed by atoms with Crippen LogP contribution in [0.2, 0.25) is 0 Å². The van der Waals surface area contributed by atoms with Crippen LogP contribution in [0, 0.1) is 0 Å². The van der Waals surface area contributed by atoms with Crippen LogP contribution < -0.4 is 0 Å². The van der Waals surface area contributed by atoms with Gasteiger partial charge >= 0.3 is 24.7 Å². The third-order valence-corrected chi connectivity index (χ3v) is 13.7. The van der Waals surface area contributed by atoms with E-state index in [2.05, 4.69) is 40.8 Å². The molecule has 85 heavy (non-hydrogen) atoms. The molecule has 0 bridgehead atoms. The fourth-order valence-electron chi connectivity index (χ4n) is 9.59. The minimum atomic E-state index is -4.65. The lowest BCUT2D eigenvalue weighted by molar-refractivity contribution is -0.138. The Hall–Kier alpha value is -10.5. The molecule has 0 radical (unpaired) electrons. The van der Waals surface area contributed by atoms with E-state index >= 15 is 0 Å². The van der Waals surface area contributed by atoms with E-state index in [1.807, 2.05) is 0 Å². The van der Waals surface area contributed by atoms with Crippen molar-refractivity contribution in [1.29, 1.82) is 0 Å². The zero-order valence-electron chi connectivity index (χ0n) is 42.7. The lowest BCUT2D eigenvalue weighted by Crippen LogP contribution is -2.31. The van der Waals surface area contributed by atoms with Crippen LogP contribution in [-0.4, -0.2) is 40.8 Å². The molecule has 12 rings (SSSR count). The first-order valence-electron chi connectivity index (χ1n) is 25.1. The van der Waals surface area contributed by atoms with E-state index in [9.17, 15) is 52.7 Å². The molecule has 0 saturated heterocycles. The highest BCUT2D eigenvalue weighted by Gasteiger charge is 2.40.